The van der Waals surface area contributed by atoms with Crippen molar-refractivity contribution in [1.82, 2.24) is 4.98 Å². The number of hydrogen-bond donors (Lipinski definition) is 2. The van der Waals surface area contributed by atoms with Gasteiger partial charge in [-0.15, -0.1) is 11.3 Å². The van der Waals surface area contributed by atoms with E-state index in [0.717, 1.165) is 11.4 Å². The van der Waals surface area contributed by atoms with Gasteiger partial charge in [-0.3, -0.25) is 0 Å². The van der Waals surface area contributed by atoms with Crippen molar-refractivity contribution in [3.8, 4) is 0 Å². The smallest absolute Gasteiger partial charge is 0.265 e. The lowest BCUT2D eigenvalue weighted by Crippen LogP contribution is -2.03. The minimum Gasteiger partial charge on any atom is -0.399 e. The highest BCUT2D eigenvalue weighted by molar-refractivity contribution is 7.11. The first-order valence-corrected chi connectivity index (χ1v) is 6.76. The van der Waals surface area contributed by atoms with E-state index < -0.39 is 6.43 Å². The molecule has 3 N–H and O–H groups in total. The number of aromatic nitrogens is 1. The van der Waals surface area contributed by atoms with Gasteiger partial charge in [0.25, 0.3) is 6.43 Å². The van der Waals surface area contributed by atoms with Gasteiger partial charge in [-0.25, -0.2) is 13.8 Å². The molecule has 0 radical (unpaired) electrons. The molecule has 0 spiro atoms. The standard InChI is InChI=1S/C13H15F2N3S/c1-2-9-6-18-12(19-9)7-17-11-4-3-8(16)5-10(11)13(14)15/h3-6,13,17H,2,7,16H2,1H3. The van der Waals surface area contributed by atoms with Crippen molar-refractivity contribution in [3.63, 3.8) is 0 Å². The third-order valence-electron chi connectivity index (χ3n) is 2.69. The third-order valence-corrected chi connectivity index (χ3v) is 3.83. The van der Waals surface area contributed by atoms with Crippen LogP contribution < -0.4 is 11.1 Å². The minimum absolute atomic E-state index is 0.0766. The molecular weight excluding hydrogens is 268 g/mol. The van der Waals surface area contributed by atoms with Crippen LogP contribution in [-0.2, 0) is 13.0 Å². The summed E-state index contributed by atoms with van der Waals surface area (Å²) >= 11 is 1.58. The van der Waals surface area contributed by atoms with Gasteiger partial charge in [0.1, 0.15) is 5.01 Å². The fourth-order valence-corrected chi connectivity index (χ4v) is 2.49. The number of nitrogen functional groups attached to an aromatic ring is 1. The Kier molecular flexibility index (Phi) is 4.31. The Morgan fingerprint density at radius 1 is 1.42 bits per heavy atom. The maximum absolute atomic E-state index is 12.9. The fraction of sp³-hybridized carbons (Fsp3) is 0.308. The van der Waals surface area contributed by atoms with E-state index in [1.165, 1.54) is 10.9 Å². The van der Waals surface area contributed by atoms with Crippen molar-refractivity contribution >= 4 is 22.7 Å². The number of nitrogens with two attached hydrogens (primary N) is 1. The third kappa shape index (κ3) is 3.41. The van der Waals surface area contributed by atoms with E-state index in [9.17, 15) is 8.78 Å². The van der Waals surface area contributed by atoms with E-state index >= 15 is 0 Å². The first-order chi connectivity index (χ1) is 9.10. The number of nitrogens with one attached hydrogen (secondary N) is 1. The van der Waals surface area contributed by atoms with Crippen LogP contribution in [-0.4, -0.2) is 4.98 Å². The molecule has 0 amide bonds. The number of rotatable bonds is 5. The number of anilines is 2. The van der Waals surface area contributed by atoms with Gasteiger partial charge >= 0.3 is 0 Å². The Morgan fingerprint density at radius 2 is 2.21 bits per heavy atom. The summed E-state index contributed by atoms with van der Waals surface area (Å²) in [6, 6.07) is 4.48. The van der Waals surface area contributed by atoms with Crippen LogP contribution in [0.2, 0.25) is 0 Å². The molecule has 0 aliphatic rings. The summed E-state index contributed by atoms with van der Waals surface area (Å²) in [4.78, 5) is 5.42. The van der Waals surface area contributed by atoms with Crippen LogP contribution in [0.15, 0.2) is 24.4 Å². The SMILES string of the molecule is CCc1cnc(CNc2ccc(N)cc2C(F)F)s1. The molecule has 2 rings (SSSR count). The van der Waals surface area contributed by atoms with Crippen LogP contribution in [0.1, 0.15) is 28.8 Å². The van der Waals surface area contributed by atoms with Gasteiger partial charge in [-0.2, -0.15) is 0 Å². The summed E-state index contributed by atoms with van der Waals surface area (Å²) in [6.07, 6.45) is 0.203. The summed E-state index contributed by atoms with van der Waals surface area (Å²) < 4.78 is 25.8. The number of hydrogen-bond acceptors (Lipinski definition) is 4. The lowest BCUT2D eigenvalue weighted by atomic mass is 10.1. The number of nitrogens with zero attached hydrogens (tertiary/aromatic N) is 1. The second-order valence-corrected chi connectivity index (χ2v) is 5.27. The fourth-order valence-electron chi connectivity index (χ4n) is 1.69. The highest BCUT2D eigenvalue weighted by Gasteiger charge is 2.13. The van der Waals surface area contributed by atoms with Crippen LogP contribution in [0.3, 0.4) is 0 Å². The molecule has 0 bridgehead atoms. The van der Waals surface area contributed by atoms with Crippen molar-refractivity contribution in [1.29, 1.82) is 0 Å². The Hall–Kier alpha value is -1.69. The van der Waals surface area contributed by atoms with Gasteiger partial charge in [-0.05, 0) is 24.6 Å². The number of aryl methyl sites for hydroxylation is 1. The predicted octanol–water partition coefficient (Wildman–Crippen LogP) is 3.84. The molecule has 0 aliphatic carbocycles. The topological polar surface area (TPSA) is 50.9 Å². The largest absolute Gasteiger partial charge is 0.399 e. The number of alkyl halides is 2. The zero-order valence-electron chi connectivity index (χ0n) is 10.5. The Balaban J connectivity index is 2.10. The van der Waals surface area contributed by atoms with Gasteiger partial charge in [0, 0.05) is 28.0 Å². The van der Waals surface area contributed by atoms with E-state index in [4.69, 9.17) is 5.73 Å². The van der Waals surface area contributed by atoms with E-state index in [1.54, 1.807) is 23.5 Å². The van der Waals surface area contributed by atoms with Gasteiger partial charge in [0.15, 0.2) is 0 Å². The van der Waals surface area contributed by atoms with Crippen molar-refractivity contribution < 1.29 is 8.78 Å². The molecule has 102 valence electrons. The van der Waals surface area contributed by atoms with Crippen molar-refractivity contribution in [3.05, 3.63) is 39.8 Å². The normalized spacial score (nSPS) is 10.9. The highest BCUT2D eigenvalue weighted by atomic mass is 32.1. The molecule has 2 aromatic rings. The summed E-state index contributed by atoms with van der Waals surface area (Å²) in [7, 11) is 0. The van der Waals surface area contributed by atoms with Crippen LogP contribution in [0.25, 0.3) is 0 Å². The zero-order chi connectivity index (χ0) is 13.8. The summed E-state index contributed by atoms with van der Waals surface area (Å²) in [6.45, 7) is 2.49. The molecule has 6 heteroatoms. The van der Waals surface area contributed by atoms with Crippen molar-refractivity contribution in [2.45, 2.75) is 26.3 Å². The summed E-state index contributed by atoms with van der Waals surface area (Å²) in [5.74, 6) is 0. The van der Waals surface area contributed by atoms with E-state index in [2.05, 4.69) is 17.2 Å². The molecule has 0 unspecified atom stereocenters. The molecular formula is C13H15F2N3S. The lowest BCUT2D eigenvalue weighted by Gasteiger charge is -2.11. The molecule has 1 aromatic carbocycles. The highest BCUT2D eigenvalue weighted by Crippen LogP contribution is 2.29. The Morgan fingerprint density at radius 3 is 2.84 bits per heavy atom. The quantitative estimate of drug-likeness (QED) is 0.820. The second kappa shape index (κ2) is 5.97. The average molecular weight is 283 g/mol. The van der Waals surface area contributed by atoms with Crippen molar-refractivity contribution in [2.75, 3.05) is 11.1 Å². The maximum atomic E-state index is 12.9. The average Bonchev–Trinajstić information content (AvgIpc) is 2.85. The number of halogens is 2. The maximum Gasteiger partial charge on any atom is 0.265 e. The Bertz CT molecular complexity index is 555. The monoisotopic (exact) mass is 283 g/mol. The molecule has 3 nitrogen and oxygen atoms in total. The van der Waals surface area contributed by atoms with Gasteiger partial charge < -0.3 is 11.1 Å². The first kappa shape index (κ1) is 13.7. The number of thiazole rings is 1. The first-order valence-electron chi connectivity index (χ1n) is 5.95. The molecule has 0 aliphatic heterocycles. The summed E-state index contributed by atoms with van der Waals surface area (Å²) in [5, 5.41) is 3.87. The predicted molar refractivity (Wildman–Crippen MR) is 74.6 cm³/mol. The molecule has 0 atom stereocenters. The number of benzene rings is 1. The van der Waals surface area contributed by atoms with Crippen LogP contribution >= 0.6 is 11.3 Å². The van der Waals surface area contributed by atoms with Crippen LogP contribution in [0.5, 0.6) is 0 Å². The van der Waals surface area contributed by atoms with Gasteiger partial charge in [-0.1, -0.05) is 6.92 Å². The van der Waals surface area contributed by atoms with E-state index in [1.807, 2.05) is 6.20 Å². The van der Waals surface area contributed by atoms with E-state index in [-0.39, 0.29) is 5.56 Å². The summed E-state index contributed by atoms with van der Waals surface area (Å²) in [5.41, 5.74) is 6.18. The molecule has 0 fully saturated rings. The molecule has 0 saturated carbocycles. The Labute approximate surface area is 114 Å². The second-order valence-electron chi connectivity index (χ2n) is 4.07. The van der Waals surface area contributed by atoms with Gasteiger partial charge in [0.2, 0.25) is 0 Å². The molecule has 1 heterocycles. The molecule has 19 heavy (non-hydrogen) atoms. The molecule has 0 saturated heterocycles. The van der Waals surface area contributed by atoms with E-state index in [0.29, 0.717) is 17.9 Å². The molecule has 1 aromatic heterocycles. The zero-order valence-corrected chi connectivity index (χ0v) is 11.3. The van der Waals surface area contributed by atoms with Crippen molar-refractivity contribution in [2.24, 2.45) is 0 Å². The van der Waals surface area contributed by atoms with Gasteiger partial charge in [0.05, 0.1) is 6.54 Å². The minimum atomic E-state index is -2.55. The lowest BCUT2D eigenvalue weighted by molar-refractivity contribution is 0.152. The van der Waals surface area contributed by atoms with Crippen LogP contribution in [0.4, 0.5) is 20.2 Å². The van der Waals surface area contributed by atoms with Crippen LogP contribution in [0, 0.1) is 0 Å².